The normalized spacial score (nSPS) is 27.1. The van der Waals surface area contributed by atoms with Gasteiger partial charge in [-0.25, -0.2) is 0 Å². The molecule has 3 heteroatoms. The molecule has 0 radical (unpaired) electrons. The maximum Gasteiger partial charge on any atom is 0.232 e. The van der Waals surface area contributed by atoms with Crippen molar-refractivity contribution in [3.05, 3.63) is 35.9 Å². The molecule has 0 fully saturated rings. The summed E-state index contributed by atoms with van der Waals surface area (Å²) in [6, 6.07) is 9.33. The number of benzene rings is 1. The predicted octanol–water partition coefficient (Wildman–Crippen LogP) is 1.32. The van der Waals surface area contributed by atoms with Crippen molar-refractivity contribution in [1.29, 1.82) is 0 Å². The minimum Gasteiger partial charge on any atom is -0.357 e. The maximum atomic E-state index is 10.3. The van der Waals surface area contributed by atoms with Crippen molar-refractivity contribution < 1.29 is 9.84 Å². The summed E-state index contributed by atoms with van der Waals surface area (Å²) in [5.74, 6) is -1.32. The van der Waals surface area contributed by atoms with Crippen LogP contribution in [0.2, 0.25) is 0 Å². The third-order valence-electron chi connectivity index (χ3n) is 2.41. The molecule has 2 rings (SSSR count). The van der Waals surface area contributed by atoms with Crippen LogP contribution < -0.4 is 0 Å². The average molecular weight is 191 g/mol. The fraction of sp³-hybridized carbons (Fsp3) is 0.364. The molecule has 0 spiro atoms. The summed E-state index contributed by atoms with van der Waals surface area (Å²) >= 11 is 0. The molecule has 1 aliphatic heterocycles. The van der Waals surface area contributed by atoms with Crippen LogP contribution in [0.5, 0.6) is 0 Å². The lowest BCUT2D eigenvalue weighted by atomic mass is 10.0. The van der Waals surface area contributed by atoms with E-state index >= 15 is 0 Å². The van der Waals surface area contributed by atoms with Crippen LogP contribution in [0.3, 0.4) is 0 Å². The van der Waals surface area contributed by atoms with Gasteiger partial charge in [-0.15, -0.1) is 0 Å². The van der Waals surface area contributed by atoms with E-state index in [1.54, 1.807) is 6.92 Å². The number of hydrogen-bond acceptors (Lipinski definition) is 3. The summed E-state index contributed by atoms with van der Waals surface area (Å²) in [7, 11) is 0. The quantitative estimate of drug-likeness (QED) is 0.727. The maximum absolute atomic E-state index is 10.3. The van der Waals surface area contributed by atoms with Crippen LogP contribution in [0, 0.1) is 0 Å². The highest BCUT2D eigenvalue weighted by Gasteiger charge is 2.35. The van der Waals surface area contributed by atoms with Gasteiger partial charge < -0.3 is 9.84 Å². The molecule has 0 amide bonds. The standard InChI is InChI=1S/C11H13NO2/c1-9-11(13,14-8-7-12-9)10-5-3-2-4-6-10/h2-6,13H,7-8H2,1H3. The summed E-state index contributed by atoms with van der Waals surface area (Å²) in [4.78, 5) is 4.20. The Hall–Kier alpha value is -1.19. The van der Waals surface area contributed by atoms with E-state index in [4.69, 9.17) is 4.74 Å². The fourth-order valence-electron chi connectivity index (χ4n) is 1.57. The molecule has 1 heterocycles. The number of aliphatic hydroxyl groups is 1. The summed E-state index contributed by atoms with van der Waals surface area (Å²) in [6.45, 7) is 2.87. The van der Waals surface area contributed by atoms with Crippen LogP contribution in [0.15, 0.2) is 35.3 Å². The molecule has 1 aliphatic rings. The van der Waals surface area contributed by atoms with Crippen molar-refractivity contribution in [2.24, 2.45) is 4.99 Å². The van der Waals surface area contributed by atoms with E-state index < -0.39 is 5.79 Å². The van der Waals surface area contributed by atoms with Crippen molar-refractivity contribution in [3.63, 3.8) is 0 Å². The molecular weight excluding hydrogens is 178 g/mol. The second kappa shape index (κ2) is 3.52. The molecule has 1 atom stereocenters. The van der Waals surface area contributed by atoms with Crippen molar-refractivity contribution >= 4 is 5.71 Å². The van der Waals surface area contributed by atoms with E-state index in [0.29, 0.717) is 18.9 Å². The van der Waals surface area contributed by atoms with Crippen molar-refractivity contribution in [1.82, 2.24) is 0 Å². The van der Waals surface area contributed by atoms with E-state index in [-0.39, 0.29) is 0 Å². The Morgan fingerprint density at radius 1 is 1.36 bits per heavy atom. The lowest BCUT2D eigenvalue weighted by Crippen LogP contribution is -2.41. The molecule has 0 aliphatic carbocycles. The first-order valence-corrected chi connectivity index (χ1v) is 4.67. The highest BCUT2D eigenvalue weighted by Crippen LogP contribution is 2.26. The molecule has 0 saturated heterocycles. The molecule has 1 aromatic carbocycles. The zero-order valence-corrected chi connectivity index (χ0v) is 8.10. The van der Waals surface area contributed by atoms with Gasteiger partial charge in [0.15, 0.2) is 0 Å². The van der Waals surface area contributed by atoms with E-state index in [9.17, 15) is 5.11 Å². The van der Waals surface area contributed by atoms with Gasteiger partial charge in [0.1, 0.15) is 0 Å². The Labute approximate surface area is 83.1 Å². The SMILES string of the molecule is CC1=NCCOC1(O)c1ccccc1. The Balaban J connectivity index is 2.41. The van der Waals surface area contributed by atoms with Gasteiger partial charge in [0.25, 0.3) is 0 Å². The van der Waals surface area contributed by atoms with Gasteiger partial charge in [-0.05, 0) is 6.92 Å². The van der Waals surface area contributed by atoms with Crippen molar-refractivity contribution in [2.75, 3.05) is 13.2 Å². The van der Waals surface area contributed by atoms with E-state index in [1.165, 1.54) is 0 Å². The van der Waals surface area contributed by atoms with Crippen LogP contribution in [0.4, 0.5) is 0 Å². The molecule has 0 bridgehead atoms. The third kappa shape index (κ3) is 1.45. The van der Waals surface area contributed by atoms with E-state index in [2.05, 4.69) is 4.99 Å². The van der Waals surface area contributed by atoms with Gasteiger partial charge in [0.2, 0.25) is 5.79 Å². The zero-order chi connectivity index (χ0) is 10.0. The number of nitrogens with zero attached hydrogens (tertiary/aromatic N) is 1. The minimum atomic E-state index is -1.32. The second-order valence-corrected chi connectivity index (χ2v) is 3.33. The topological polar surface area (TPSA) is 41.8 Å². The Morgan fingerprint density at radius 2 is 2.07 bits per heavy atom. The smallest absolute Gasteiger partial charge is 0.232 e. The molecular formula is C11H13NO2. The molecule has 14 heavy (non-hydrogen) atoms. The van der Waals surface area contributed by atoms with Crippen LogP contribution in [-0.2, 0) is 10.5 Å². The van der Waals surface area contributed by atoms with E-state index in [0.717, 1.165) is 5.56 Å². The van der Waals surface area contributed by atoms with Crippen molar-refractivity contribution in [2.45, 2.75) is 12.7 Å². The summed E-state index contributed by atoms with van der Waals surface area (Å²) < 4.78 is 5.39. The van der Waals surface area contributed by atoms with Gasteiger partial charge in [-0.1, -0.05) is 30.3 Å². The Kier molecular flexibility index (Phi) is 2.35. The first kappa shape index (κ1) is 9.37. The van der Waals surface area contributed by atoms with Crippen LogP contribution in [-0.4, -0.2) is 24.0 Å². The van der Waals surface area contributed by atoms with Gasteiger partial charge in [-0.3, -0.25) is 4.99 Å². The third-order valence-corrected chi connectivity index (χ3v) is 2.41. The van der Waals surface area contributed by atoms with Crippen LogP contribution in [0.1, 0.15) is 12.5 Å². The molecule has 1 N–H and O–H groups in total. The number of rotatable bonds is 1. The molecule has 3 nitrogen and oxygen atoms in total. The lowest BCUT2D eigenvalue weighted by molar-refractivity contribution is -0.161. The number of ether oxygens (including phenoxy) is 1. The van der Waals surface area contributed by atoms with Crippen molar-refractivity contribution in [3.8, 4) is 0 Å². The average Bonchev–Trinajstić information content (AvgIpc) is 2.24. The predicted molar refractivity (Wildman–Crippen MR) is 54.3 cm³/mol. The molecule has 74 valence electrons. The first-order valence-electron chi connectivity index (χ1n) is 4.67. The highest BCUT2D eigenvalue weighted by molar-refractivity contribution is 5.90. The van der Waals surface area contributed by atoms with Crippen LogP contribution in [0.25, 0.3) is 0 Å². The highest BCUT2D eigenvalue weighted by atomic mass is 16.6. The number of hydrogen-bond donors (Lipinski definition) is 1. The van der Waals surface area contributed by atoms with Gasteiger partial charge in [0.05, 0.1) is 18.9 Å². The minimum absolute atomic E-state index is 0.461. The molecule has 1 aromatic rings. The Bertz CT molecular complexity index is 348. The first-order chi connectivity index (χ1) is 6.73. The largest absolute Gasteiger partial charge is 0.357 e. The summed E-state index contributed by atoms with van der Waals surface area (Å²) in [5, 5.41) is 10.3. The molecule has 1 unspecified atom stereocenters. The summed E-state index contributed by atoms with van der Waals surface area (Å²) in [6.07, 6.45) is 0. The molecule has 0 aromatic heterocycles. The Morgan fingerprint density at radius 3 is 2.71 bits per heavy atom. The zero-order valence-electron chi connectivity index (χ0n) is 8.10. The number of aliphatic imine (C=N–C) groups is 1. The summed E-state index contributed by atoms with van der Waals surface area (Å²) in [5.41, 5.74) is 1.36. The van der Waals surface area contributed by atoms with E-state index in [1.807, 2.05) is 30.3 Å². The van der Waals surface area contributed by atoms with Gasteiger partial charge in [-0.2, -0.15) is 0 Å². The molecule has 0 saturated carbocycles. The van der Waals surface area contributed by atoms with Crippen LogP contribution >= 0.6 is 0 Å². The second-order valence-electron chi connectivity index (χ2n) is 3.33. The van der Waals surface area contributed by atoms with Gasteiger partial charge >= 0.3 is 0 Å². The monoisotopic (exact) mass is 191 g/mol. The fourth-order valence-corrected chi connectivity index (χ4v) is 1.57. The lowest BCUT2D eigenvalue weighted by Gasteiger charge is -2.31. The van der Waals surface area contributed by atoms with Gasteiger partial charge in [0, 0.05) is 5.56 Å².